The summed E-state index contributed by atoms with van der Waals surface area (Å²) in [6.07, 6.45) is 0. The second-order valence-corrected chi connectivity index (χ2v) is 3.35. The third-order valence-electron chi connectivity index (χ3n) is 2.35. The van der Waals surface area contributed by atoms with Gasteiger partial charge in [0, 0.05) is 12.6 Å². The first kappa shape index (κ1) is 8.81. The van der Waals surface area contributed by atoms with E-state index in [0.717, 1.165) is 5.56 Å². The summed E-state index contributed by atoms with van der Waals surface area (Å²) in [7, 11) is 1.68. The van der Waals surface area contributed by atoms with Crippen molar-refractivity contribution in [1.82, 2.24) is 4.90 Å². The molecule has 1 heterocycles. The van der Waals surface area contributed by atoms with Gasteiger partial charge in [-0.3, -0.25) is 4.79 Å². The summed E-state index contributed by atoms with van der Waals surface area (Å²) in [5, 5.41) is 9.57. The Balaban J connectivity index is 2.42. The average molecular weight is 189 g/mol. The highest BCUT2D eigenvalue weighted by molar-refractivity contribution is 6.03. The number of amides is 1. The van der Waals surface area contributed by atoms with Crippen LogP contribution in [0.5, 0.6) is 0 Å². The van der Waals surface area contributed by atoms with E-state index >= 15 is 0 Å². The number of aliphatic hydroxyl groups is 1. The lowest BCUT2D eigenvalue weighted by Gasteiger charge is -2.07. The van der Waals surface area contributed by atoms with Gasteiger partial charge in [-0.15, -0.1) is 0 Å². The molecule has 14 heavy (non-hydrogen) atoms. The quantitative estimate of drug-likeness (QED) is 0.726. The van der Waals surface area contributed by atoms with Crippen molar-refractivity contribution in [3.63, 3.8) is 0 Å². The van der Waals surface area contributed by atoms with Crippen molar-refractivity contribution in [2.45, 2.75) is 0 Å². The summed E-state index contributed by atoms with van der Waals surface area (Å²) in [6, 6.07) is 9.45. The summed E-state index contributed by atoms with van der Waals surface area (Å²) >= 11 is 0. The topological polar surface area (TPSA) is 40.5 Å². The second kappa shape index (κ2) is 3.18. The maximum Gasteiger partial charge on any atom is 0.289 e. The molecule has 1 aromatic rings. The molecule has 72 valence electrons. The summed E-state index contributed by atoms with van der Waals surface area (Å²) < 4.78 is 0. The van der Waals surface area contributed by atoms with Gasteiger partial charge in [-0.2, -0.15) is 0 Å². The Morgan fingerprint density at radius 2 is 1.93 bits per heavy atom. The monoisotopic (exact) mass is 189 g/mol. The molecule has 0 saturated carbocycles. The van der Waals surface area contributed by atoms with Crippen LogP contribution in [0.4, 0.5) is 0 Å². The van der Waals surface area contributed by atoms with Gasteiger partial charge in [0.15, 0.2) is 5.76 Å². The van der Waals surface area contributed by atoms with Crippen molar-refractivity contribution in [2.24, 2.45) is 0 Å². The molecule has 1 aliphatic rings. The van der Waals surface area contributed by atoms with E-state index in [4.69, 9.17) is 0 Å². The summed E-state index contributed by atoms with van der Waals surface area (Å²) in [6.45, 7) is 0.481. The molecule has 0 unspecified atom stereocenters. The standard InChI is InChI=1S/C11H11NO2/c1-12-7-9(10(13)11(12)14)8-5-3-2-4-6-8/h2-6,13H,7H2,1H3. The zero-order chi connectivity index (χ0) is 10.1. The highest BCUT2D eigenvalue weighted by Crippen LogP contribution is 2.24. The molecule has 1 aromatic carbocycles. The van der Waals surface area contributed by atoms with Gasteiger partial charge in [0.2, 0.25) is 0 Å². The molecular weight excluding hydrogens is 178 g/mol. The van der Waals surface area contributed by atoms with Gasteiger partial charge in [0.05, 0.1) is 6.54 Å². The Bertz CT molecular complexity index is 395. The molecule has 2 rings (SSSR count). The maximum absolute atomic E-state index is 11.3. The van der Waals surface area contributed by atoms with E-state index in [1.165, 1.54) is 4.90 Å². The van der Waals surface area contributed by atoms with Crippen LogP contribution < -0.4 is 0 Å². The van der Waals surface area contributed by atoms with Gasteiger partial charge in [0.1, 0.15) is 0 Å². The van der Waals surface area contributed by atoms with Crippen molar-refractivity contribution < 1.29 is 9.90 Å². The molecule has 0 aromatic heterocycles. The number of carbonyl (C=O) groups excluding carboxylic acids is 1. The number of aliphatic hydroxyl groups excluding tert-OH is 1. The molecule has 0 atom stereocenters. The van der Waals surface area contributed by atoms with Gasteiger partial charge in [-0.05, 0) is 5.56 Å². The number of hydrogen-bond donors (Lipinski definition) is 1. The van der Waals surface area contributed by atoms with Crippen molar-refractivity contribution in [2.75, 3.05) is 13.6 Å². The Kier molecular flexibility index (Phi) is 2.00. The van der Waals surface area contributed by atoms with E-state index in [1.807, 2.05) is 30.3 Å². The minimum absolute atomic E-state index is 0.126. The fraction of sp³-hybridized carbons (Fsp3) is 0.182. The van der Waals surface area contributed by atoms with Crippen molar-refractivity contribution >= 4 is 11.5 Å². The first-order chi connectivity index (χ1) is 6.70. The summed E-state index contributed by atoms with van der Waals surface area (Å²) in [5.41, 5.74) is 1.61. The number of carbonyl (C=O) groups is 1. The van der Waals surface area contributed by atoms with Crippen molar-refractivity contribution in [3.8, 4) is 0 Å². The van der Waals surface area contributed by atoms with Gasteiger partial charge >= 0.3 is 0 Å². The predicted octanol–water partition coefficient (Wildman–Crippen LogP) is 1.43. The molecule has 0 aliphatic carbocycles. The van der Waals surface area contributed by atoms with Crippen LogP contribution in [0, 0.1) is 0 Å². The van der Waals surface area contributed by atoms with E-state index in [9.17, 15) is 9.90 Å². The number of nitrogens with zero attached hydrogens (tertiary/aromatic N) is 1. The van der Waals surface area contributed by atoms with Gasteiger partial charge in [0.25, 0.3) is 5.91 Å². The summed E-state index contributed by atoms with van der Waals surface area (Å²) in [5.74, 6) is -0.428. The fourth-order valence-corrected chi connectivity index (χ4v) is 1.56. The molecule has 0 spiro atoms. The molecular formula is C11H11NO2. The molecule has 0 fully saturated rings. The van der Waals surface area contributed by atoms with Gasteiger partial charge in [-0.1, -0.05) is 30.3 Å². The Labute approximate surface area is 82.3 Å². The van der Waals surface area contributed by atoms with E-state index in [-0.39, 0.29) is 11.7 Å². The van der Waals surface area contributed by atoms with E-state index in [0.29, 0.717) is 12.1 Å². The first-order valence-corrected chi connectivity index (χ1v) is 4.43. The second-order valence-electron chi connectivity index (χ2n) is 3.35. The zero-order valence-corrected chi connectivity index (χ0v) is 7.90. The highest BCUT2D eigenvalue weighted by atomic mass is 16.3. The molecule has 1 aliphatic heterocycles. The fourth-order valence-electron chi connectivity index (χ4n) is 1.56. The van der Waals surface area contributed by atoms with Crippen LogP contribution in [0.3, 0.4) is 0 Å². The van der Waals surface area contributed by atoms with Crippen molar-refractivity contribution in [3.05, 3.63) is 41.7 Å². The maximum atomic E-state index is 11.3. The molecule has 0 radical (unpaired) electrons. The lowest BCUT2D eigenvalue weighted by atomic mass is 10.1. The van der Waals surface area contributed by atoms with Crippen LogP contribution in [0.2, 0.25) is 0 Å². The van der Waals surface area contributed by atoms with Crippen LogP contribution in [0.15, 0.2) is 36.1 Å². The lowest BCUT2D eigenvalue weighted by molar-refractivity contribution is -0.126. The Morgan fingerprint density at radius 3 is 2.43 bits per heavy atom. The zero-order valence-electron chi connectivity index (χ0n) is 7.90. The molecule has 3 nitrogen and oxygen atoms in total. The Hall–Kier alpha value is -1.77. The van der Waals surface area contributed by atoms with E-state index in [1.54, 1.807) is 7.05 Å². The van der Waals surface area contributed by atoms with Crippen LogP contribution in [-0.4, -0.2) is 29.5 Å². The number of likely N-dealkylation sites (N-methyl/N-ethyl adjacent to an activating group) is 1. The Morgan fingerprint density at radius 1 is 1.29 bits per heavy atom. The largest absolute Gasteiger partial charge is 0.503 e. The third-order valence-corrected chi connectivity index (χ3v) is 2.35. The number of rotatable bonds is 1. The van der Waals surface area contributed by atoms with Crippen LogP contribution >= 0.6 is 0 Å². The highest BCUT2D eigenvalue weighted by Gasteiger charge is 2.27. The normalized spacial score (nSPS) is 16.6. The van der Waals surface area contributed by atoms with Crippen LogP contribution in [0.1, 0.15) is 5.56 Å². The van der Waals surface area contributed by atoms with Crippen molar-refractivity contribution in [1.29, 1.82) is 0 Å². The molecule has 3 heteroatoms. The number of benzene rings is 1. The number of hydrogen-bond acceptors (Lipinski definition) is 2. The lowest BCUT2D eigenvalue weighted by Crippen LogP contribution is -2.21. The molecule has 1 N–H and O–H groups in total. The van der Waals surface area contributed by atoms with E-state index < -0.39 is 0 Å². The first-order valence-electron chi connectivity index (χ1n) is 4.43. The molecule has 0 saturated heterocycles. The third kappa shape index (κ3) is 1.27. The molecule has 1 amide bonds. The van der Waals surface area contributed by atoms with E-state index in [2.05, 4.69) is 0 Å². The van der Waals surface area contributed by atoms with Crippen LogP contribution in [-0.2, 0) is 4.79 Å². The average Bonchev–Trinajstić information content (AvgIpc) is 2.47. The minimum atomic E-state index is -0.302. The summed E-state index contributed by atoms with van der Waals surface area (Å²) in [4.78, 5) is 12.8. The van der Waals surface area contributed by atoms with Crippen LogP contribution in [0.25, 0.3) is 5.57 Å². The SMILES string of the molecule is CN1CC(c2ccccc2)=C(O)C1=O. The van der Waals surface area contributed by atoms with Gasteiger partial charge < -0.3 is 10.0 Å². The molecule has 0 bridgehead atoms. The predicted molar refractivity (Wildman–Crippen MR) is 53.6 cm³/mol. The smallest absolute Gasteiger partial charge is 0.289 e. The van der Waals surface area contributed by atoms with Gasteiger partial charge in [-0.25, -0.2) is 0 Å². The minimum Gasteiger partial charge on any atom is -0.503 e.